The molecule has 0 aromatic heterocycles. The first-order valence-corrected chi connectivity index (χ1v) is 3.87. The fourth-order valence-corrected chi connectivity index (χ4v) is 1.16. The lowest BCUT2D eigenvalue weighted by atomic mass is 9.83. The molecule has 0 bridgehead atoms. The van der Waals surface area contributed by atoms with Gasteiger partial charge in [0.2, 0.25) is 0 Å². The summed E-state index contributed by atoms with van der Waals surface area (Å²) in [6.07, 6.45) is 4.37. The summed E-state index contributed by atoms with van der Waals surface area (Å²) < 4.78 is 4.99. The number of ether oxygens (including phenoxy) is 1. The molecule has 2 heteroatoms. The predicted octanol–water partition coefficient (Wildman–Crippen LogP) is 1.39. The Morgan fingerprint density at radius 3 is 2.60 bits per heavy atom. The van der Waals surface area contributed by atoms with Gasteiger partial charge in [0.05, 0.1) is 18.6 Å². The van der Waals surface area contributed by atoms with E-state index in [9.17, 15) is 4.79 Å². The van der Waals surface area contributed by atoms with Crippen molar-refractivity contribution < 1.29 is 9.53 Å². The van der Waals surface area contributed by atoms with Crippen LogP contribution in [0.4, 0.5) is 0 Å². The SMILES string of the molecule is CCCCC1(C=O)COC1. The smallest absolute Gasteiger partial charge is 0.130 e. The Balaban J connectivity index is 2.26. The number of unbranched alkanes of at least 4 members (excludes halogenated alkanes) is 1. The maximum atomic E-state index is 10.5. The van der Waals surface area contributed by atoms with Crippen LogP contribution in [0.25, 0.3) is 0 Å². The van der Waals surface area contributed by atoms with Crippen LogP contribution in [0.2, 0.25) is 0 Å². The number of rotatable bonds is 4. The van der Waals surface area contributed by atoms with Gasteiger partial charge in [-0.1, -0.05) is 19.8 Å². The Labute approximate surface area is 61.6 Å². The van der Waals surface area contributed by atoms with Crippen molar-refractivity contribution in [3.63, 3.8) is 0 Å². The van der Waals surface area contributed by atoms with Crippen molar-refractivity contribution >= 4 is 6.29 Å². The average Bonchev–Trinajstić information content (AvgIpc) is 1.87. The molecular formula is C8H14O2. The molecule has 0 aromatic rings. The topological polar surface area (TPSA) is 26.3 Å². The number of carbonyl (C=O) groups is 1. The summed E-state index contributed by atoms with van der Waals surface area (Å²) in [5.74, 6) is 0. The van der Waals surface area contributed by atoms with Crippen LogP contribution < -0.4 is 0 Å². The van der Waals surface area contributed by atoms with E-state index in [1.807, 2.05) is 0 Å². The lowest BCUT2D eigenvalue weighted by molar-refractivity contribution is -0.147. The number of hydrogen-bond acceptors (Lipinski definition) is 2. The van der Waals surface area contributed by atoms with Crippen molar-refractivity contribution in [1.29, 1.82) is 0 Å². The highest BCUT2D eigenvalue weighted by atomic mass is 16.5. The molecule has 0 unspecified atom stereocenters. The van der Waals surface area contributed by atoms with E-state index in [0.29, 0.717) is 13.2 Å². The molecule has 0 aliphatic carbocycles. The van der Waals surface area contributed by atoms with Gasteiger partial charge >= 0.3 is 0 Å². The van der Waals surface area contributed by atoms with Gasteiger partial charge in [-0.2, -0.15) is 0 Å². The molecule has 0 amide bonds. The van der Waals surface area contributed by atoms with Gasteiger partial charge in [0.1, 0.15) is 6.29 Å². The van der Waals surface area contributed by atoms with Gasteiger partial charge in [-0.3, -0.25) is 0 Å². The van der Waals surface area contributed by atoms with Gasteiger partial charge in [0.15, 0.2) is 0 Å². The molecule has 0 saturated carbocycles. The standard InChI is InChI=1S/C8H14O2/c1-2-3-4-8(5-9)6-10-7-8/h5H,2-4,6-7H2,1H3. The monoisotopic (exact) mass is 142 g/mol. The molecule has 2 nitrogen and oxygen atoms in total. The summed E-state index contributed by atoms with van der Waals surface area (Å²) in [7, 11) is 0. The molecule has 0 N–H and O–H groups in total. The van der Waals surface area contributed by atoms with Crippen LogP contribution in [0, 0.1) is 5.41 Å². The molecule has 0 atom stereocenters. The van der Waals surface area contributed by atoms with Crippen LogP contribution in [0.15, 0.2) is 0 Å². The Kier molecular flexibility index (Phi) is 2.44. The fourth-order valence-electron chi connectivity index (χ4n) is 1.16. The van der Waals surface area contributed by atoms with Crippen LogP contribution in [0.5, 0.6) is 0 Å². The molecule has 58 valence electrons. The molecule has 1 saturated heterocycles. The predicted molar refractivity (Wildman–Crippen MR) is 38.8 cm³/mol. The van der Waals surface area contributed by atoms with E-state index in [1.54, 1.807) is 0 Å². The third-order valence-corrected chi connectivity index (χ3v) is 2.06. The third-order valence-electron chi connectivity index (χ3n) is 2.06. The molecule has 1 aliphatic rings. The van der Waals surface area contributed by atoms with E-state index in [0.717, 1.165) is 25.5 Å². The van der Waals surface area contributed by atoms with Crippen LogP contribution in [0.3, 0.4) is 0 Å². The fraction of sp³-hybridized carbons (Fsp3) is 0.875. The van der Waals surface area contributed by atoms with Gasteiger partial charge in [-0.15, -0.1) is 0 Å². The second-order valence-corrected chi connectivity index (χ2v) is 3.08. The highest BCUT2D eigenvalue weighted by Gasteiger charge is 2.37. The maximum absolute atomic E-state index is 10.5. The molecular weight excluding hydrogens is 128 g/mol. The van der Waals surface area contributed by atoms with Gasteiger partial charge in [-0.05, 0) is 6.42 Å². The Hall–Kier alpha value is -0.370. The summed E-state index contributed by atoms with van der Waals surface area (Å²) in [6, 6.07) is 0. The van der Waals surface area contributed by atoms with Gasteiger partial charge in [0, 0.05) is 0 Å². The summed E-state index contributed by atoms with van der Waals surface area (Å²) in [5.41, 5.74) is -0.0873. The summed E-state index contributed by atoms with van der Waals surface area (Å²) in [4.78, 5) is 10.5. The minimum atomic E-state index is -0.0873. The van der Waals surface area contributed by atoms with E-state index in [4.69, 9.17) is 4.74 Å². The van der Waals surface area contributed by atoms with E-state index < -0.39 is 0 Å². The van der Waals surface area contributed by atoms with E-state index in [-0.39, 0.29) is 5.41 Å². The zero-order valence-corrected chi connectivity index (χ0v) is 6.43. The van der Waals surface area contributed by atoms with Crippen molar-refractivity contribution in [2.45, 2.75) is 26.2 Å². The van der Waals surface area contributed by atoms with Gasteiger partial charge in [0.25, 0.3) is 0 Å². The summed E-state index contributed by atoms with van der Waals surface area (Å²) in [6.45, 7) is 3.44. The van der Waals surface area contributed by atoms with Crippen molar-refractivity contribution in [3.05, 3.63) is 0 Å². The van der Waals surface area contributed by atoms with E-state index >= 15 is 0 Å². The maximum Gasteiger partial charge on any atom is 0.130 e. The number of aldehydes is 1. The molecule has 1 heterocycles. The minimum absolute atomic E-state index is 0.0873. The molecule has 0 spiro atoms. The molecule has 1 rings (SSSR count). The van der Waals surface area contributed by atoms with E-state index in [2.05, 4.69) is 6.92 Å². The minimum Gasteiger partial charge on any atom is -0.379 e. The Bertz CT molecular complexity index is 116. The lowest BCUT2D eigenvalue weighted by Gasteiger charge is -2.36. The van der Waals surface area contributed by atoms with Crippen molar-refractivity contribution in [2.24, 2.45) is 5.41 Å². The van der Waals surface area contributed by atoms with Crippen molar-refractivity contribution in [1.82, 2.24) is 0 Å². The zero-order chi connectivity index (χ0) is 7.45. The van der Waals surface area contributed by atoms with E-state index in [1.165, 1.54) is 0 Å². The molecule has 1 fully saturated rings. The van der Waals surface area contributed by atoms with Crippen molar-refractivity contribution in [2.75, 3.05) is 13.2 Å². The largest absolute Gasteiger partial charge is 0.379 e. The van der Waals surface area contributed by atoms with Crippen LogP contribution >= 0.6 is 0 Å². The lowest BCUT2D eigenvalue weighted by Crippen LogP contribution is -2.43. The second kappa shape index (κ2) is 3.15. The molecule has 10 heavy (non-hydrogen) atoms. The average molecular weight is 142 g/mol. The molecule has 1 aliphatic heterocycles. The van der Waals surface area contributed by atoms with Crippen LogP contribution in [-0.2, 0) is 9.53 Å². The zero-order valence-electron chi connectivity index (χ0n) is 6.43. The molecule has 0 radical (unpaired) electrons. The van der Waals surface area contributed by atoms with Crippen molar-refractivity contribution in [3.8, 4) is 0 Å². The second-order valence-electron chi connectivity index (χ2n) is 3.08. The normalized spacial score (nSPS) is 21.7. The van der Waals surface area contributed by atoms with Crippen LogP contribution in [0.1, 0.15) is 26.2 Å². The first kappa shape index (κ1) is 7.73. The number of hydrogen-bond donors (Lipinski definition) is 0. The van der Waals surface area contributed by atoms with Crippen LogP contribution in [-0.4, -0.2) is 19.5 Å². The first-order valence-electron chi connectivity index (χ1n) is 3.87. The first-order chi connectivity index (χ1) is 4.83. The summed E-state index contributed by atoms with van der Waals surface area (Å²) in [5, 5.41) is 0. The Morgan fingerprint density at radius 1 is 1.60 bits per heavy atom. The highest BCUT2D eigenvalue weighted by Crippen LogP contribution is 2.30. The third kappa shape index (κ3) is 1.37. The summed E-state index contributed by atoms with van der Waals surface area (Å²) >= 11 is 0. The molecule has 0 aromatic carbocycles. The van der Waals surface area contributed by atoms with Gasteiger partial charge in [-0.25, -0.2) is 0 Å². The quantitative estimate of drug-likeness (QED) is 0.554. The number of carbonyl (C=O) groups excluding carboxylic acids is 1. The Morgan fingerprint density at radius 2 is 2.30 bits per heavy atom. The van der Waals surface area contributed by atoms with Gasteiger partial charge < -0.3 is 9.53 Å². The highest BCUT2D eigenvalue weighted by molar-refractivity contribution is 5.60.